The quantitative estimate of drug-likeness (QED) is 0.321. The van der Waals surface area contributed by atoms with Gasteiger partial charge in [-0.25, -0.2) is 4.79 Å². The lowest BCUT2D eigenvalue weighted by Crippen LogP contribution is -2.24. The standard InChI is InChI=1S/C28H29F3O7/c1-34-25-17-19(18-26(35-2)27(32)33)7-14-24(25)37-16-4-15-36-21-10-12-23(13-11-21)38-22-6-3-5-20(8-9-22)28(29,30)31/h5-14,17,26H,3-4,15-16,18H2,1-2H3,(H,32,33). The van der Waals surface area contributed by atoms with Crippen LogP contribution in [0.25, 0.3) is 0 Å². The van der Waals surface area contributed by atoms with Crippen LogP contribution in [-0.4, -0.2) is 50.8 Å². The van der Waals surface area contributed by atoms with Gasteiger partial charge in [0.15, 0.2) is 17.6 Å². The average molecular weight is 535 g/mol. The van der Waals surface area contributed by atoms with Crippen LogP contribution in [0.2, 0.25) is 0 Å². The summed E-state index contributed by atoms with van der Waals surface area (Å²) in [5, 5.41) is 9.15. The van der Waals surface area contributed by atoms with Crippen molar-refractivity contribution in [2.75, 3.05) is 27.4 Å². The Morgan fingerprint density at radius 3 is 2.32 bits per heavy atom. The Morgan fingerprint density at radius 2 is 1.66 bits per heavy atom. The molecule has 2 aromatic carbocycles. The molecule has 0 saturated carbocycles. The lowest BCUT2D eigenvalue weighted by atomic mass is 10.1. The predicted octanol–water partition coefficient (Wildman–Crippen LogP) is 5.90. The molecule has 38 heavy (non-hydrogen) atoms. The number of carbonyl (C=O) groups is 1. The molecular weight excluding hydrogens is 505 g/mol. The van der Waals surface area contributed by atoms with Crippen LogP contribution in [0.3, 0.4) is 0 Å². The molecule has 204 valence electrons. The molecule has 1 aliphatic rings. The summed E-state index contributed by atoms with van der Waals surface area (Å²) in [6, 6.07) is 12.0. The van der Waals surface area contributed by atoms with Crippen LogP contribution < -0.4 is 18.9 Å². The number of allylic oxidation sites excluding steroid dienone is 5. The van der Waals surface area contributed by atoms with E-state index >= 15 is 0 Å². The van der Waals surface area contributed by atoms with E-state index in [1.165, 1.54) is 20.3 Å². The molecule has 1 N–H and O–H groups in total. The molecule has 1 atom stereocenters. The van der Waals surface area contributed by atoms with Gasteiger partial charge >= 0.3 is 12.1 Å². The van der Waals surface area contributed by atoms with Crippen molar-refractivity contribution in [3.63, 3.8) is 0 Å². The monoisotopic (exact) mass is 534 g/mol. The fourth-order valence-corrected chi connectivity index (χ4v) is 3.51. The topological polar surface area (TPSA) is 83.5 Å². The smallest absolute Gasteiger partial charge is 0.416 e. The Morgan fingerprint density at radius 1 is 0.947 bits per heavy atom. The van der Waals surface area contributed by atoms with Gasteiger partial charge in [-0.05, 0) is 66.6 Å². The van der Waals surface area contributed by atoms with Crippen LogP contribution in [0, 0.1) is 0 Å². The summed E-state index contributed by atoms with van der Waals surface area (Å²) >= 11 is 0. The lowest BCUT2D eigenvalue weighted by molar-refractivity contribution is -0.148. The van der Waals surface area contributed by atoms with Crippen LogP contribution in [0.5, 0.6) is 23.0 Å². The molecule has 0 spiro atoms. The van der Waals surface area contributed by atoms with Crippen LogP contribution >= 0.6 is 0 Å². The summed E-state index contributed by atoms with van der Waals surface area (Å²) in [5.74, 6) is 1.39. The number of carboxylic acid groups (broad SMARTS) is 1. The van der Waals surface area contributed by atoms with Gasteiger partial charge in [-0.2, -0.15) is 13.2 Å². The molecular formula is C28H29F3O7. The molecule has 0 fully saturated rings. The Kier molecular flexibility index (Phi) is 10.2. The fourth-order valence-electron chi connectivity index (χ4n) is 3.51. The van der Waals surface area contributed by atoms with Gasteiger partial charge in [-0.3, -0.25) is 0 Å². The van der Waals surface area contributed by atoms with Crippen molar-refractivity contribution >= 4 is 5.97 Å². The molecule has 0 bridgehead atoms. The second-order valence-corrected chi connectivity index (χ2v) is 8.21. The second-order valence-electron chi connectivity index (χ2n) is 8.21. The van der Waals surface area contributed by atoms with E-state index in [9.17, 15) is 18.0 Å². The maximum absolute atomic E-state index is 12.8. The van der Waals surface area contributed by atoms with Crippen LogP contribution in [0.15, 0.2) is 78.1 Å². The molecule has 0 radical (unpaired) electrons. The molecule has 2 aromatic rings. The summed E-state index contributed by atoms with van der Waals surface area (Å²) in [7, 11) is 2.86. The third-order valence-electron chi connectivity index (χ3n) is 5.49. The molecule has 0 amide bonds. The first kappa shape index (κ1) is 28.6. The Balaban J connectivity index is 1.42. The van der Waals surface area contributed by atoms with E-state index in [0.717, 1.165) is 17.7 Å². The third-order valence-corrected chi connectivity index (χ3v) is 5.49. The minimum absolute atomic E-state index is 0.121. The average Bonchev–Trinajstić information content (AvgIpc) is 3.14. The van der Waals surface area contributed by atoms with Gasteiger partial charge in [0.25, 0.3) is 0 Å². The number of aliphatic carboxylic acids is 1. The summed E-state index contributed by atoms with van der Waals surface area (Å²) in [6.45, 7) is 0.746. The van der Waals surface area contributed by atoms with Crippen molar-refractivity contribution in [2.24, 2.45) is 0 Å². The number of benzene rings is 2. The van der Waals surface area contributed by atoms with Crippen molar-refractivity contribution in [3.05, 3.63) is 83.7 Å². The van der Waals surface area contributed by atoms with Gasteiger partial charge < -0.3 is 28.8 Å². The number of rotatable bonds is 13. The fraction of sp³-hybridized carbons (Fsp3) is 0.321. The molecule has 10 heteroatoms. The maximum Gasteiger partial charge on any atom is 0.416 e. The van der Waals surface area contributed by atoms with Gasteiger partial charge in [0, 0.05) is 20.0 Å². The highest BCUT2D eigenvalue weighted by molar-refractivity contribution is 5.72. The summed E-state index contributed by atoms with van der Waals surface area (Å²) in [6.07, 6.45) is 0.550. The number of ether oxygens (including phenoxy) is 5. The van der Waals surface area contributed by atoms with Crippen molar-refractivity contribution in [3.8, 4) is 23.0 Å². The Hall–Kier alpha value is -3.92. The maximum atomic E-state index is 12.8. The predicted molar refractivity (Wildman–Crippen MR) is 134 cm³/mol. The number of hydrogen-bond donors (Lipinski definition) is 1. The van der Waals surface area contributed by atoms with Gasteiger partial charge in [0.05, 0.1) is 25.9 Å². The van der Waals surface area contributed by atoms with E-state index < -0.39 is 23.8 Å². The minimum Gasteiger partial charge on any atom is -0.493 e. The minimum atomic E-state index is -4.39. The molecule has 1 unspecified atom stereocenters. The number of carboxylic acids is 1. The highest BCUT2D eigenvalue weighted by Gasteiger charge is 2.31. The SMILES string of the molecule is COc1cc(CC(OC)C(=O)O)ccc1OCCCOc1ccc(OC2=CCC=C(C(F)(F)F)C=C2)cc1. The lowest BCUT2D eigenvalue weighted by Gasteiger charge is -2.14. The van der Waals surface area contributed by atoms with Gasteiger partial charge in [-0.1, -0.05) is 12.1 Å². The first-order valence-electron chi connectivity index (χ1n) is 11.8. The van der Waals surface area contributed by atoms with Gasteiger partial charge in [0.2, 0.25) is 0 Å². The third kappa shape index (κ3) is 8.58. The van der Waals surface area contributed by atoms with Crippen molar-refractivity contribution < 1.29 is 46.8 Å². The highest BCUT2D eigenvalue weighted by atomic mass is 19.4. The van der Waals surface area contributed by atoms with E-state index in [-0.39, 0.29) is 12.8 Å². The van der Waals surface area contributed by atoms with E-state index in [1.807, 2.05) is 0 Å². The number of alkyl halides is 3. The zero-order chi connectivity index (χ0) is 27.5. The van der Waals surface area contributed by atoms with Crippen molar-refractivity contribution in [1.29, 1.82) is 0 Å². The summed E-state index contributed by atoms with van der Waals surface area (Å²) in [5.41, 5.74) is 0.0415. The molecule has 3 rings (SSSR count). The number of halogens is 3. The highest BCUT2D eigenvalue weighted by Crippen LogP contribution is 2.30. The van der Waals surface area contributed by atoms with Crippen LogP contribution in [0.1, 0.15) is 18.4 Å². The second kappa shape index (κ2) is 13.6. The molecule has 0 aromatic heterocycles. The first-order valence-corrected chi connectivity index (χ1v) is 11.8. The summed E-state index contributed by atoms with van der Waals surface area (Å²) < 4.78 is 66.0. The summed E-state index contributed by atoms with van der Waals surface area (Å²) in [4.78, 5) is 11.2. The van der Waals surface area contributed by atoms with Gasteiger partial charge in [-0.15, -0.1) is 0 Å². The molecule has 7 nitrogen and oxygen atoms in total. The zero-order valence-corrected chi connectivity index (χ0v) is 21.0. The molecule has 0 aliphatic heterocycles. The van der Waals surface area contributed by atoms with Crippen molar-refractivity contribution in [2.45, 2.75) is 31.5 Å². The largest absolute Gasteiger partial charge is 0.493 e. The Labute approximate surface area is 218 Å². The van der Waals surface area contributed by atoms with Gasteiger partial charge in [0.1, 0.15) is 17.3 Å². The number of hydrogen-bond acceptors (Lipinski definition) is 6. The molecule has 1 aliphatic carbocycles. The van der Waals surface area contributed by atoms with E-state index in [1.54, 1.807) is 48.5 Å². The first-order chi connectivity index (χ1) is 18.2. The normalized spacial score (nSPS) is 14.1. The molecule has 0 heterocycles. The zero-order valence-electron chi connectivity index (χ0n) is 21.0. The van der Waals surface area contributed by atoms with Crippen molar-refractivity contribution in [1.82, 2.24) is 0 Å². The van der Waals surface area contributed by atoms with Crippen LogP contribution in [-0.2, 0) is 16.0 Å². The van der Waals surface area contributed by atoms with E-state index in [2.05, 4.69) is 0 Å². The van der Waals surface area contributed by atoms with E-state index in [0.29, 0.717) is 48.4 Å². The Bertz CT molecular complexity index is 1170. The van der Waals surface area contributed by atoms with E-state index in [4.69, 9.17) is 28.8 Å². The van der Waals surface area contributed by atoms with Crippen LogP contribution in [0.4, 0.5) is 13.2 Å². The molecule has 0 saturated heterocycles. The number of methoxy groups -OCH3 is 2.